The molecule has 0 radical (unpaired) electrons. The minimum Gasteiger partial charge on any atom is -0.496 e. The van der Waals surface area contributed by atoms with E-state index < -0.39 is 24.5 Å². The van der Waals surface area contributed by atoms with Crippen molar-refractivity contribution >= 4 is 17.6 Å². The molecule has 0 aliphatic carbocycles. The van der Waals surface area contributed by atoms with Gasteiger partial charge in [-0.15, -0.1) is 0 Å². The second-order valence-electron chi connectivity index (χ2n) is 10.4. The van der Waals surface area contributed by atoms with Crippen molar-refractivity contribution in [3.05, 3.63) is 59.4 Å². The van der Waals surface area contributed by atoms with Crippen molar-refractivity contribution in [1.82, 2.24) is 20.0 Å². The molecule has 10 nitrogen and oxygen atoms in total. The second kappa shape index (κ2) is 11.8. The molecule has 1 fully saturated rings. The van der Waals surface area contributed by atoms with Gasteiger partial charge in [0.25, 0.3) is 18.2 Å². The maximum absolute atomic E-state index is 13.6. The summed E-state index contributed by atoms with van der Waals surface area (Å²) in [5, 5.41) is 6.38. The van der Waals surface area contributed by atoms with Crippen molar-refractivity contribution in [2.24, 2.45) is 7.05 Å². The normalized spacial score (nSPS) is 15.8. The van der Waals surface area contributed by atoms with E-state index in [4.69, 9.17) is 14.2 Å². The van der Waals surface area contributed by atoms with Gasteiger partial charge in [-0.05, 0) is 37.3 Å². The van der Waals surface area contributed by atoms with Gasteiger partial charge in [0.05, 0.1) is 44.0 Å². The molecule has 2 aromatic carbocycles. The molecule has 222 valence electrons. The molecule has 2 aliphatic rings. The van der Waals surface area contributed by atoms with Gasteiger partial charge in [0.15, 0.2) is 5.78 Å². The van der Waals surface area contributed by atoms with E-state index >= 15 is 0 Å². The first-order valence-electron chi connectivity index (χ1n) is 13.7. The summed E-state index contributed by atoms with van der Waals surface area (Å²) in [7, 11) is 3.35. The smallest absolute Gasteiger partial charge is 0.255 e. The molecule has 12 heteroatoms. The lowest BCUT2D eigenvalue weighted by Crippen LogP contribution is -2.52. The predicted octanol–water partition coefficient (Wildman–Crippen LogP) is 4.13. The third-order valence-electron chi connectivity index (χ3n) is 7.56. The summed E-state index contributed by atoms with van der Waals surface area (Å²) < 4.78 is 44.4. The van der Waals surface area contributed by atoms with Crippen LogP contribution in [0.2, 0.25) is 0 Å². The lowest BCUT2D eigenvalue weighted by Gasteiger charge is -2.44. The number of ketones is 1. The Kier molecular flexibility index (Phi) is 8.15. The molecule has 3 heterocycles. The molecule has 0 saturated carbocycles. The van der Waals surface area contributed by atoms with E-state index in [0.29, 0.717) is 60.9 Å². The highest BCUT2D eigenvalue weighted by molar-refractivity contribution is 6.04. The average Bonchev–Trinajstić information content (AvgIpc) is 3.41. The monoisotopic (exact) mass is 582 g/mol. The zero-order valence-electron chi connectivity index (χ0n) is 23.6. The fourth-order valence-electron chi connectivity index (χ4n) is 5.46. The summed E-state index contributed by atoms with van der Waals surface area (Å²) in [4.78, 5) is 40.6. The SMILES string of the molecule is CCOc1cc(C(=O)N2CCC3(CC2)CC(=O)c2cc(C(=O)NCC(F)F)ccc2O3)cc(OC)c1-c1cnn(C)c1. The maximum Gasteiger partial charge on any atom is 0.255 e. The van der Waals surface area contributed by atoms with Crippen LogP contribution in [0.15, 0.2) is 42.7 Å². The standard InChI is InChI=1S/C30H32F2N4O6/c1-4-41-25-13-19(12-24(40-3)27(25)20-15-34-35(2)17-20)29(39)36-9-7-30(8-10-36)14-22(37)21-11-18(5-6-23(21)42-30)28(38)33-16-26(31)32/h5-6,11-13,15,17,26H,4,7-10,14,16H2,1-3H3,(H,33,38). The number of carbonyl (C=O) groups excluding carboxylic acids is 3. The Hall–Kier alpha value is -4.48. The molecule has 2 aliphatic heterocycles. The van der Waals surface area contributed by atoms with E-state index in [0.717, 1.165) is 5.56 Å². The fraction of sp³-hybridized carbons (Fsp3) is 0.400. The van der Waals surface area contributed by atoms with E-state index in [-0.39, 0.29) is 29.2 Å². The highest BCUT2D eigenvalue weighted by Gasteiger charge is 2.44. The van der Waals surface area contributed by atoms with Crippen LogP contribution in [-0.4, -0.2) is 77.7 Å². The molecule has 0 unspecified atom stereocenters. The number of halogens is 2. The van der Waals surface area contributed by atoms with E-state index in [2.05, 4.69) is 10.4 Å². The number of nitrogens with one attached hydrogen (secondary N) is 1. The number of piperidine rings is 1. The second-order valence-corrected chi connectivity index (χ2v) is 10.4. The molecule has 1 N–H and O–H groups in total. The first-order valence-corrected chi connectivity index (χ1v) is 13.7. The summed E-state index contributed by atoms with van der Waals surface area (Å²) in [6, 6.07) is 7.76. The van der Waals surface area contributed by atoms with Crippen molar-refractivity contribution in [3.63, 3.8) is 0 Å². The van der Waals surface area contributed by atoms with E-state index in [1.807, 2.05) is 20.2 Å². The van der Waals surface area contributed by atoms with Gasteiger partial charge in [0, 0.05) is 55.9 Å². The van der Waals surface area contributed by atoms with Crippen LogP contribution >= 0.6 is 0 Å². The number of aryl methyl sites for hydroxylation is 1. The number of hydrogen-bond acceptors (Lipinski definition) is 7. The van der Waals surface area contributed by atoms with Crippen LogP contribution in [0.5, 0.6) is 17.2 Å². The first-order chi connectivity index (χ1) is 20.1. The van der Waals surface area contributed by atoms with E-state index in [1.54, 1.807) is 27.9 Å². The van der Waals surface area contributed by atoms with Crippen LogP contribution in [-0.2, 0) is 7.05 Å². The maximum atomic E-state index is 13.6. The Morgan fingerprint density at radius 1 is 1.14 bits per heavy atom. The molecule has 2 amide bonds. The average molecular weight is 583 g/mol. The van der Waals surface area contributed by atoms with Gasteiger partial charge in [-0.25, -0.2) is 8.78 Å². The minimum absolute atomic E-state index is 0.0895. The highest BCUT2D eigenvalue weighted by Crippen LogP contribution is 2.42. The molecule has 0 bridgehead atoms. The number of methoxy groups -OCH3 is 1. The Morgan fingerprint density at radius 3 is 2.52 bits per heavy atom. The molecular formula is C30H32F2N4O6. The first kappa shape index (κ1) is 29.0. The van der Waals surface area contributed by atoms with Gasteiger partial charge in [0.2, 0.25) is 0 Å². The van der Waals surface area contributed by atoms with Gasteiger partial charge < -0.3 is 24.4 Å². The number of hydrogen-bond donors (Lipinski definition) is 1. The molecule has 1 saturated heterocycles. The zero-order valence-corrected chi connectivity index (χ0v) is 23.6. The quantitative estimate of drug-likeness (QED) is 0.425. The van der Waals surface area contributed by atoms with Crippen LogP contribution in [0.4, 0.5) is 8.78 Å². The number of nitrogens with zero attached hydrogens (tertiary/aromatic N) is 3. The van der Waals surface area contributed by atoms with Crippen molar-refractivity contribution in [2.45, 2.75) is 38.2 Å². The number of rotatable bonds is 8. The van der Waals surface area contributed by atoms with Crippen LogP contribution < -0.4 is 19.5 Å². The number of amides is 2. The van der Waals surface area contributed by atoms with Crippen molar-refractivity contribution in [1.29, 1.82) is 0 Å². The number of Topliss-reactive ketones (excluding diaryl/α,β-unsaturated/α-hetero) is 1. The number of aromatic nitrogens is 2. The number of carbonyl (C=O) groups is 3. The van der Waals surface area contributed by atoms with Crippen molar-refractivity contribution in [3.8, 4) is 28.4 Å². The highest BCUT2D eigenvalue weighted by atomic mass is 19.3. The Bertz CT molecular complexity index is 1510. The van der Waals surface area contributed by atoms with Gasteiger partial charge in [-0.2, -0.15) is 5.10 Å². The molecule has 42 heavy (non-hydrogen) atoms. The topological polar surface area (TPSA) is 112 Å². The van der Waals surface area contributed by atoms with Gasteiger partial charge in [-0.3, -0.25) is 19.1 Å². The van der Waals surface area contributed by atoms with Crippen molar-refractivity contribution < 1.29 is 37.4 Å². The summed E-state index contributed by atoms with van der Waals surface area (Å²) in [5.41, 5.74) is 1.51. The molecule has 5 rings (SSSR count). The van der Waals surface area contributed by atoms with E-state index in [1.165, 1.54) is 25.3 Å². The Balaban J connectivity index is 1.31. The summed E-state index contributed by atoms with van der Waals surface area (Å²) >= 11 is 0. The van der Waals surface area contributed by atoms with Gasteiger partial charge in [0.1, 0.15) is 22.8 Å². The molecule has 1 aromatic heterocycles. The molecular weight excluding hydrogens is 550 g/mol. The van der Waals surface area contributed by atoms with Crippen LogP contribution in [0.1, 0.15) is 57.3 Å². The number of benzene rings is 2. The third-order valence-corrected chi connectivity index (χ3v) is 7.56. The Labute approximate surface area is 241 Å². The molecule has 3 aromatic rings. The number of ether oxygens (including phenoxy) is 3. The van der Waals surface area contributed by atoms with Crippen LogP contribution in [0.3, 0.4) is 0 Å². The minimum atomic E-state index is -2.67. The number of fused-ring (bicyclic) bond motifs is 1. The van der Waals surface area contributed by atoms with Gasteiger partial charge >= 0.3 is 0 Å². The third kappa shape index (κ3) is 5.79. The van der Waals surface area contributed by atoms with Crippen molar-refractivity contribution in [2.75, 3.05) is 33.4 Å². The van der Waals surface area contributed by atoms with Gasteiger partial charge in [-0.1, -0.05) is 0 Å². The zero-order chi connectivity index (χ0) is 30.0. The van der Waals surface area contributed by atoms with Crippen LogP contribution in [0, 0.1) is 0 Å². The lowest BCUT2D eigenvalue weighted by molar-refractivity contribution is -0.00573. The number of alkyl halides is 2. The molecule has 0 atom stereocenters. The largest absolute Gasteiger partial charge is 0.496 e. The summed E-state index contributed by atoms with van der Waals surface area (Å²) in [5.74, 6) is 0.275. The lowest BCUT2D eigenvalue weighted by atomic mass is 9.82. The predicted molar refractivity (Wildman–Crippen MR) is 149 cm³/mol. The Morgan fingerprint density at radius 2 is 1.88 bits per heavy atom. The van der Waals surface area contributed by atoms with E-state index in [9.17, 15) is 23.2 Å². The van der Waals surface area contributed by atoms with Crippen LogP contribution in [0.25, 0.3) is 11.1 Å². The number of likely N-dealkylation sites (tertiary alicyclic amines) is 1. The summed E-state index contributed by atoms with van der Waals surface area (Å²) in [6.07, 6.45) is 1.84. The molecule has 1 spiro atoms. The summed E-state index contributed by atoms with van der Waals surface area (Å²) in [6.45, 7) is 2.23. The fourth-order valence-corrected chi connectivity index (χ4v) is 5.46.